The van der Waals surface area contributed by atoms with Crippen LogP contribution in [0.4, 0.5) is 4.39 Å². The van der Waals surface area contributed by atoms with Gasteiger partial charge in [-0.25, -0.2) is 4.39 Å². The number of halogens is 1. The average molecular weight is 266 g/mol. The lowest BCUT2D eigenvalue weighted by Crippen LogP contribution is -2.41. The number of nitrogens with zero attached hydrogens (tertiary/aromatic N) is 2. The SMILES string of the molecule is CN(CCN1CCOCC1)C(=O)c1cccc(F)c1. The predicted octanol–water partition coefficient (Wildman–Crippen LogP) is 1.23. The van der Waals surface area contributed by atoms with Crippen LogP contribution in [0.3, 0.4) is 0 Å². The maximum Gasteiger partial charge on any atom is 0.253 e. The van der Waals surface area contributed by atoms with E-state index in [1.54, 1.807) is 24.1 Å². The third-order valence-corrected chi connectivity index (χ3v) is 3.27. The molecule has 0 spiro atoms. The minimum atomic E-state index is -0.382. The molecular weight excluding hydrogens is 247 g/mol. The van der Waals surface area contributed by atoms with Crippen molar-refractivity contribution in [3.05, 3.63) is 35.6 Å². The molecule has 0 saturated carbocycles. The first-order valence-electron chi connectivity index (χ1n) is 6.48. The summed E-state index contributed by atoms with van der Waals surface area (Å²) in [6, 6.07) is 5.80. The predicted molar refractivity (Wildman–Crippen MR) is 70.6 cm³/mol. The van der Waals surface area contributed by atoms with Crippen molar-refractivity contribution in [2.75, 3.05) is 46.4 Å². The van der Waals surface area contributed by atoms with E-state index in [0.717, 1.165) is 32.8 Å². The van der Waals surface area contributed by atoms with Gasteiger partial charge in [0.2, 0.25) is 0 Å². The van der Waals surface area contributed by atoms with Crippen LogP contribution in [0.2, 0.25) is 0 Å². The number of hydrogen-bond acceptors (Lipinski definition) is 3. The van der Waals surface area contributed by atoms with Crippen molar-refractivity contribution in [1.82, 2.24) is 9.80 Å². The molecule has 19 heavy (non-hydrogen) atoms. The molecule has 1 aromatic carbocycles. The van der Waals surface area contributed by atoms with Crippen LogP contribution >= 0.6 is 0 Å². The Morgan fingerprint density at radius 1 is 1.42 bits per heavy atom. The van der Waals surface area contributed by atoms with Gasteiger partial charge < -0.3 is 9.64 Å². The topological polar surface area (TPSA) is 32.8 Å². The third kappa shape index (κ3) is 4.01. The minimum absolute atomic E-state index is 0.146. The van der Waals surface area contributed by atoms with Crippen LogP contribution < -0.4 is 0 Å². The molecule has 1 saturated heterocycles. The number of hydrogen-bond donors (Lipinski definition) is 0. The zero-order valence-electron chi connectivity index (χ0n) is 11.1. The molecule has 1 fully saturated rings. The molecule has 0 atom stereocenters. The zero-order chi connectivity index (χ0) is 13.7. The molecule has 0 bridgehead atoms. The Hall–Kier alpha value is -1.46. The van der Waals surface area contributed by atoms with Gasteiger partial charge in [0.05, 0.1) is 13.2 Å². The monoisotopic (exact) mass is 266 g/mol. The summed E-state index contributed by atoms with van der Waals surface area (Å²) in [5, 5.41) is 0. The molecule has 0 unspecified atom stereocenters. The van der Waals surface area contributed by atoms with Crippen LogP contribution in [0.5, 0.6) is 0 Å². The largest absolute Gasteiger partial charge is 0.379 e. The highest BCUT2D eigenvalue weighted by atomic mass is 19.1. The number of carbonyl (C=O) groups excluding carboxylic acids is 1. The number of ether oxygens (including phenoxy) is 1. The number of rotatable bonds is 4. The third-order valence-electron chi connectivity index (χ3n) is 3.27. The van der Waals surface area contributed by atoms with Crippen LogP contribution in [0.15, 0.2) is 24.3 Å². The number of morpholine rings is 1. The van der Waals surface area contributed by atoms with Gasteiger partial charge in [0.1, 0.15) is 5.82 Å². The second-order valence-corrected chi connectivity index (χ2v) is 4.69. The Balaban J connectivity index is 1.85. The van der Waals surface area contributed by atoms with Gasteiger partial charge in [-0.1, -0.05) is 6.07 Å². The summed E-state index contributed by atoms with van der Waals surface area (Å²) in [7, 11) is 1.74. The van der Waals surface area contributed by atoms with Crippen LogP contribution in [0.25, 0.3) is 0 Å². The maximum atomic E-state index is 13.1. The molecule has 104 valence electrons. The average Bonchev–Trinajstić information content (AvgIpc) is 2.45. The fourth-order valence-electron chi connectivity index (χ4n) is 2.06. The molecule has 0 radical (unpaired) electrons. The number of likely N-dealkylation sites (N-methyl/N-ethyl adjacent to an activating group) is 1. The van der Waals surface area contributed by atoms with Crippen molar-refractivity contribution in [3.8, 4) is 0 Å². The van der Waals surface area contributed by atoms with Crippen molar-refractivity contribution >= 4 is 5.91 Å². The van der Waals surface area contributed by atoms with Crippen molar-refractivity contribution in [1.29, 1.82) is 0 Å². The Morgan fingerprint density at radius 3 is 2.84 bits per heavy atom. The number of amides is 1. The van der Waals surface area contributed by atoms with E-state index in [1.807, 2.05) is 0 Å². The molecule has 1 aliphatic heterocycles. The molecule has 0 aliphatic carbocycles. The summed E-state index contributed by atoms with van der Waals surface area (Å²) in [5.41, 5.74) is 0.393. The van der Waals surface area contributed by atoms with Gasteiger partial charge in [-0.3, -0.25) is 9.69 Å². The molecule has 1 aromatic rings. The first-order chi connectivity index (χ1) is 9.16. The Kier molecular flexibility index (Phi) is 4.87. The highest BCUT2D eigenvalue weighted by Gasteiger charge is 2.15. The minimum Gasteiger partial charge on any atom is -0.379 e. The first kappa shape index (κ1) is 14.0. The molecule has 1 amide bonds. The van der Waals surface area contributed by atoms with Gasteiger partial charge in [-0.15, -0.1) is 0 Å². The van der Waals surface area contributed by atoms with E-state index < -0.39 is 0 Å². The van der Waals surface area contributed by atoms with Gasteiger partial charge in [-0.2, -0.15) is 0 Å². The summed E-state index contributed by atoms with van der Waals surface area (Å²) in [4.78, 5) is 16.0. The van der Waals surface area contributed by atoms with E-state index >= 15 is 0 Å². The fourth-order valence-corrected chi connectivity index (χ4v) is 2.06. The normalized spacial score (nSPS) is 16.3. The molecule has 1 aliphatic rings. The lowest BCUT2D eigenvalue weighted by atomic mass is 10.2. The molecule has 5 heteroatoms. The van der Waals surface area contributed by atoms with Crippen molar-refractivity contribution in [2.24, 2.45) is 0 Å². The molecule has 4 nitrogen and oxygen atoms in total. The van der Waals surface area contributed by atoms with E-state index in [0.29, 0.717) is 12.1 Å². The van der Waals surface area contributed by atoms with Crippen molar-refractivity contribution < 1.29 is 13.9 Å². The summed E-state index contributed by atoms with van der Waals surface area (Å²) < 4.78 is 18.3. The lowest BCUT2D eigenvalue weighted by molar-refractivity contribution is 0.0338. The van der Waals surface area contributed by atoms with E-state index in [4.69, 9.17) is 4.74 Å². The van der Waals surface area contributed by atoms with Gasteiger partial charge in [0.25, 0.3) is 5.91 Å². The van der Waals surface area contributed by atoms with E-state index in [-0.39, 0.29) is 11.7 Å². The smallest absolute Gasteiger partial charge is 0.253 e. The Morgan fingerprint density at radius 2 is 2.16 bits per heavy atom. The molecular formula is C14H19FN2O2. The highest BCUT2D eigenvalue weighted by molar-refractivity contribution is 5.94. The number of benzene rings is 1. The van der Waals surface area contributed by atoms with E-state index in [1.165, 1.54) is 12.1 Å². The van der Waals surface area contributed by atoms with Gasteiger partial charge in [0, 0.05) is 38.8 Å². The standard InChI is InChI=1S/C14H19FN2O2/c1-16(5-6-17-7-9-19-10-8-17)14(18)12-3-2-4-13(15)11-12/h2-4,11H,5-10H2,1H3. The maximum absolute atomic E-state index is 13.1. The van der Waals surface area contributed by atoms with Crippen molar-refractivity contribution in [3.63, 3.8) is 0 Å². The molecule has 0 N–H and O–H groups in total. The van der Waals surface area contributed by atoms with Crippen LogP contribution in [0, 0.1) is 5.82 Å². The van der Waals surface area contributed by atoms with Crippen LogP contribution in [-0.4, -0.2) is 62.1 Å². The number of carbonyl (C=O) groups is 1. The van der Waals surface area contributed by atoms with E-state index in [2.05, 4.69) is 4.90 Å². The van der Waals surface area contributed by atoms with Gasteiger partial charge in [0.15, 0.2) is 0 Å². The lowest BCUT2D eigenvalue weighted by Gasteiger charge is -2.28. The summed E-state index contributed by atoms with van der Waals surface area (Å²) >= 11 is 0. The second-order valence-electron chi connectivity index (χ2n) is 4.69. The molecule has 2 rings (SSSR count). The first-order valence-corrected chi connectivity index (χ1v) is 6.48. The van der Waals surface area contributed by atoms with Crippen molar-refractivity contribution in [2.45, 2.75) is 0 Å². The molecule has 0 aromatic heterocycles. The van der Waals surface area contributed by atoms with Gasteiger partial charge >= 0.3 is 0 Å². The second kappa shape index (κ2) is 6.63. The quantitative estimate of drug-likeness (QED) is 0.821. The summed E-state index contributed by atoms with van der Waals surface area (Å²) in [6.45, 7) is 4.77. The summed E-state index contributed by atoms with van der Waals surface area (Å²) in [5.74, 6) is -0.528. The van der Waals surface area contributed by atoms with E-state index in [9.17, 15) is 9.18 Å². The zero-order valence-corrected chi connectivity index (χ0v) is 11.1. The Labute approximate surface area is 112 Å². The summed E-state index contributed by atoms with van der Waals surface area (Å²) in [6.07, 6.45) is 0. The Bertz CT molecular complexity index is 433. The van der Waals surface area contributed by atoms with Crippen LogP contribution in [0.1, 0.15) is 10.4 Å². The highest BCUT2D eigenvalue weighted by Crippen LogP contribution is 2.07. The van der Waals surface area contributed by atoms with Crippen LogP contribution in [-0.2, 0) is 4.74 Å². The molecule has 1 heterocycles. The van der Waals surface area contributed by atoms with Gasteiger partial charge in [-0.05, 0) is 18.2 Å². The fraction of sp³-hybridized carbons (Fsp3) is 0.500.